The fourth-order valence-electron chi connectivity index (χ4n) is 4.48. The van der Waals surface area contributed by atoms with Crippen molar-refractivity contribution in [2.24, 2.45) is 22.9 Å². The maximum absolute atomic E-state index is 12.9. The summed E-state index contributed by atoms with van der Waals surface area (Å²) in [5, 5.41) is 6.48. The molecule has 1 saturated heterocycles. The van der Waals surface area contributed by atoms with Crippen LogP contribution in [0.15, 0.2) is 23.3 Å². The lowest BCUT2D eigenvalue weighted by Gasteiger charge is -2.36. The number of barbiturate groups is 1. The molecule has 4 rings (SSSR count). The maximum Gasteiger partial charge on any atom is 0.331 e. The Morgan fingerprint density at radius 2 is 2.00 bits per heavy atom. The van der Waals surface area contributed by atoms with Gasteiger partial charge < -0.3 is 0 Å². The third kappa shape index (κ3) is 3.74. The zero-order valence-corrected chi connectivity index (χ0v) is 16.7. The van der Waals surface area contributed by atoms with E-state index in [0.29, 0.717) is 10.9 Å². The van der Waals surface area contributed by atoms with Crippen molar-refractivity contribution in [2.45, 2.75) is 31.7 Å². The molecule has 3 fully saturated rings. The Hall–Kier alpha value is -2.45. The lowest BCUT2D eigenvalue weighted by atomic mass is 9.92. The topological polar surface area (TPSA) is 108 Å². The Labute approximate surface area is 176 Å². The van der Waals surface area contributed by atoms with Gasteiger partial charge in [0.15, 0.2) is 5.92 Å². The molecule has 5 amide bonds. The van der Waals surface area contributed by atoms with Gasteiger partial charge in [-0.05, 0) is 49.3 Å². The lowest BCUT2D eigenvalue weighted by Crippen LogP contribution is -2.62. The average molecular weight is 437 g/mol. The van der Waals surface area contributed by atoms with E-state index in [1.54, 1.807) is 0 Å². The van der Waals surface area contributed by atoms with Gasteiger partial charge in [-0.3, -0.25) is 24.6 Å². The van der Waals surface area contributed by atoms with Crippen LogP contribution < -0.4 is 10.7 Å². The Balaban J connectivity index is 1.45. The Morgan fingerprint density at radius 1 is 1.21 bits per heavy atom. The molecule has 0 radical (unpaired) electrons. The van der Waals surface area contributed by atoms with Crippen LogP contribution in [0.3, 0.4) is 0 Å². The molecule has 2 saturated carbocycles. The number of hydrazone groups is 1. The molecule has 10 heteroatoms. The SMILES string of the molecule is O=C(N/N=C\[C@@H]1C(=O)NC(=O)N([C@@H]2C[C@H]3CC[C@H]2C3)C1=O)c1ccc(Cl)cc1Cl. The summed E-state index contributed by atoms with van der Waals surface area (Å²) in [6.07, 6.45) is 4.91. The highest BCUT2D eigenvalue weighted by Crippen LogP contribution is 2.47. The summed E-state index contributed by atoms with van der Waals surface area (Å²) in [5.74, 6) is -2.47. The van der Waals surface area contributed by atoms with E-state index in [1.807, 2.05) is 0 Å². The van der Waals surface area contributed by atoms with E-state index in [1.165, 1.54) is 23.1 Å². The zero-order chi connectivity index (χ0) is 20.7. The quantitative estimate of drug-likeness (QED) is 0.429. The van der Waals surface area contributed by atoms with E-state index in [2.05, 4.69) is 15.8 Å². The van der Waals surface area contributed by atoms with Crippen molar-refractivity contribution in [1.29, 1.82) is 0 Å². The van der Waals surface area contributed by atoms with Gasteiger partial charge in [-0.15, -0.1) is 0 Å². The van der Waals surface area contributed by atoms with Crippen LogP contribution in [-0.2, 0) is 9.59 Å². The molecule has 2 bridgehead atoms. The van der Waals surface area contributed by atoms with Crippen molar-refractivity contribution >= 4 is 53.2 Å². The van der Waals surface area contributed by atoms with Crippen LogP contribution >= 0.6 is 23.2 Å². The summed E-state index contributed by atoms with van der Waals surface area (Å²) in [7, 11) is 0. The van der Waals surface area contributed by atoms with Gasteiger partial charge in [-0.2, -0.15) is 5.10 Å². The van der Waals surface area contributed by atoms with Gasteiger partial charge in [-0.1, -0.05) is 29.6 Å². The number of carbonyl (C=O) groups excluding carboxylic acids is 4. The fraction of sp³-hybridized carbons (Fsp3) is 0.421. The van der Waals surface area contributed by atoms with Crippen molar-refractivity contribution in [3.63, 3.8) is 0 Å². The van der Waals surface area contributed by atoms with Gasteiger partial charge in [-0.25, -0.2) is 10.2 Å². The van der Waals surface area contributed by atoms with E-state index in [4.69, 9.17) is 23.2 Å². The Kier molecular flexibility index (Phi) is 5.31. The van der Waals surface area contributed by atoms with Crippen LogP contribution in [0.4, 0.5) is 4.79 Å². The molecule has 0 unspecified atom stereocenters. The molecular weight excluding hydrogens is 419 g/mol. The number of halogens is 2. The predicted octanol–water partition coefficient (Wildman–Crippen LogP) is 2.59. The van der Waals surface area contributed by atoms with Crippen molar-refractivity contribution in [3.05, 3.63) is 33.8 Å². The van der Waals surface area contributed by atoms with Crippen LogP contribution in [0.2, 0.25) is 10.0 Å². The molecule has 1 heterocycles. The van der Waals surface area contributed by atoms with E-state index >= 15 is 0 Å². The molecule has 0 spiro atoms. The number of imide groups is 2. The molecule has 1 aromatic rings. The minimum atomic E-state index is -1.28. The first-order chi connectivity index (χ1) is 13.8. The van der Waals surface area contributed by atoms with Crippen molar-refractivity contribution in [3.8, 4) is 0 Å². The van der Waals surface area contributed by atoms with Crippen molar-refractivity contribution in [2.75, 3.05) is 0 Å². The van der Waals surface area contributed by atoms with Gasteiger partial charge in [0.1, 0.15) is 0 Å². The highest BCUT2D eigenvalue weighted by atomic mass is 35.5. The van der Waals surface area contributed by atoms with Gasteiger partial charge in [0.25, 0.3) is 5.91 Å². The van der Waals surface area contributed by atoms with E-state index < -0.39 is 29.7 Å². The number of hydrogen-bond donors (Lipinski definition) is 2. The van der Waals surface area contributed by atoms with Gasteiger partial charge in [0.05, 0.1) is 10.6 Å². The molecule has 1 aliphatic heterocycles. The molecule has 0 aromatic heterocycles. The smallest absolute Gasteiger partial charge is 0.277 e. The first kappa shape index (κ1) is 19.8. The normalized spacial score (nSPS) is 28.9. The largest absolute Gasteiger partial charge is 0.331 e. The van der Waals surface area contributed by atoms with Crippen LogP contribution in [0.5, 0.6) is 0 Å². The molecule has 4 atom stereocenters. The van der Waals surface area contributed by atoms with Crippen molar-refractivity contribution in [1.82, 2.24) is 15.6 Å². The monoisotopic (exact) mass is 436 g/mol. The number of amides is 5. The van der Waals surface area contributed by atoms with Crippen molar-refractivity contribution < 1.29 is 19.2 Å². The van der Waals surface area contributed by atoms with Crippen LogP contribution in [0.1, 0.15) is 36.0 Å². The van der Waals surface area contributed by atoms with Crippen LogP contribution in [0.25, 0.3) is 0 Å². The molecule has 8 nitrogen and oxygen atoms in total. The van der Waals surface area contributed by atoms with Crippen LogP contribution in [0, 0.1) is 17.8 Å². The molecule has 2 aliphatic carbocycles. The number of fused-ring (bicyclic) bond motifs is 2. The zero-order valence-electron chi connectivity index (χ0n) is 15.2. The summed E-state index contributed by atoms with van der Waals surface area (Å²) >= 11 is 11.8. The molecule has 152 valence electrons. The number of rotatable bonds is 4. The third-order valence-electron chi connectivity index (χ3n) is 5.83. The second kappa shape index (κ2) is 7.76. The number of benzene rings is 1. The Morgan fingerprint density at radius 3 is 2.66 bits per heavy atom. The Bertz CT molecular complexity index is 935. The van der Waals surface area contributed by atoms with Gasteiger partial charge >= 0.3 is 6.03 Å². The van der Waals surface area contributed by atoms with E-state index in [9.17, 15) is 19.2 Å². The van der Waals surface area contributed by atoms with Crippen LogP contribution in [-0.4, -0.2) is 40.9 Å². The molecule has 29 heavy (non-hydrogen) atoms. The molecular formula is C19H18Cl2N4O4. The highest BCUT2D eigenvalue weighted by molar-refractivity contribution is 6.36. The summed E-state index contributed by atoms with van der Waals surface area (Å²) in [6.45, 7) is 0. The number of nitrogens with one attached hydrogen (secondary N) is 2. The second-order valence-corrected chi connectivity index (χ2v) is 8.41. The number of carbonyl (C=O) groups is 4. The lowest BCUT2D eigenvalue weighted by molar-refractivity contribution is -0.141. The minimum Gasteiger partial charge on any atom is -0.277 e. The first-order valence-electron chi connectivity index (χ1n) is 9.31. The fourth-order valence-corrected chi connectivity index (χ4v) is 4.98. The molecule has 3 aliphatic rings. The highest BCUT2D eigenvalue weighted by Gasteiger charge is 2.50. The summed E-state index contributed by atoms with van der Waals surface area (Å²) < 4.78 is 0. The first-order valence-corrected chi connectivity index (χ1v) is 10.1. The summed E-state index contributed by atoms with van der Waals surface area (Å²) in [4.78, 5) is 50.7. The molecule has 1 aromatic carbocycles. The molecule has 2 N–H and O–H groups in total. The number of nitrogens with zero attached hydrogens (tertiary/aromatic N) is 2. The van der Waals surface area contributed by atoms with Gasteiger partial charge in [0.2, 0.25) is 11.8 Å². The average Bonchev–Trinajstić information content (AvgIpc) is 3.27. The standard InChI is InChI=1S/C19H18Cl2N4O4/c20-11-3-4-12(14(21)7-11)17(27)24-22-8-13-16(26)23-19(29)25(18(13)28)15-6-9-1-2-10(15)5-9/h3-4,7-10,13,15H,1-2,5-6H2,(H,24,27)(H,23,26,29)/b22-8-/t9-,10-,13+,15+/m0/s1. The maximum atomic E-state index is 12.9. The summed E-state index contributed by atoms with van der Waals surface area (Å²) in [6, 6.07) is 3.48. The number of hydrogen-bond acceptors (Lipinski definition) is 5. The number of urea groups is 1. The second-order valence-electron chi connectivity index (χ2n) is 7.57. The third-order valence-corrected chi connectivity index (χ3v) is 6.38. The summed E-state index contributed by atoms with van der Waals surface area (Å²) in [5.41, 5.74) is 2.38. The minimum absolute atomic E-state index is 0.143. The van der Waals surface area contributed by atoms with E-state index in [0.717, 1.165) is 31.9 Å². The predicted molar refractivity (Wildman–Crippen MR) is 106 cm³/mol. The van der Waals surface area contributed by atoms with Gasteiger partial charge in [0, 0.05) is 17.3 Å². The van der Waals surface area contributed by atoms with E-state index in [-0.39, 0.29) is 22.5 Å².